The van der Waals surface area contributed by atoms with Crippen LogP contribution in [0, 0.1) is 11.3 Å². The number of ether oxygens (including phenoxy) is 1. The highest BCUT2D eigenvalue weighted by Gasteiger charge is 2.18. The molecule has 0 N–H and O–H groups in total. The van der Waals surface area contributed by atoms with Crippen LogP contribution < -0.4 is 4.74 Å². The molecule has 0 bridgehead atoms. The first-order chi connectivity index (χ1) is 6.60. The Kier molecular flexibility index (Phi) is 3.20. The standard InChI is InChI=1S/C8H5ClF2N2O/c1-14-5-2-4(3-12)6(9)7(13-5)8(10)11/h2,8H,1H3. The Balaban J connectivity index is 3.36. The molecule has 0 aliphatic heterocycles. The normalized spacial score (nSPS) is 10.0. The van der Waals surface area contributed by atoms with Gasteiger partial charge in [0, 0.05) is 6.07 Å². The first kappa shape index (κ1) is 10.7. The molecule has 1 heterocycles. The summed E-state index contributed by atoms with van der Waals surface area (Å²) in [6.45, 7) is 0. The first-order valence-electron chi connectivity index (χ1n) is 3.52. The van der Waals surface area contributed by atoms with Crippen molar-refractivity contribution in [3.63, 3.8) is 0 Å². The van der Waals surface area contributed by atoms with Crippen LogP contribution in [0.1, 0.15) is 17.7 Å². The summed E-state index contributed by atoms with van der Waals surface area (Å²) in [5.74, 6) is -0.0544. The first-order valence-corrected chi connectivity index (χ1v) is 3.90. The predicted molar refractivity (Wildman–Crippen MR) is 45.5 cm³/mol. The summed E-state index contributed by atoms with van der Waals surface area (Å²) in [4.78, 5) is 3.44. The van der Waals surface area contributed by atoms with Crippen LogP contribution in [0.4, 0.5) is 8.78 Å². The van der Waals surface area contributed by atoms with E-state index in [9.17, 15) is 8.78 Å². The predicted octanol–water partition coefficient (Wildman–Crippen LogP) is 2.55. The van der Waals surface area contributed by atoms with Crippen molar-refractivity contribution in [2.45, 2.75) is 6.43 Å². The number of nitrogens with zero attached hydrogens (tertiary/aromatic N) is 2. The Labute approximate surface area is 83.9 Å². The van der Waals surface area contributed by atoms with Crippen LogP contribution in [0.2, 0.25) is 5.02 Å². The van der Waals surface area contributed by atoms with Crippen molar-refractivity contribution >= 4 is 11.6 Å². The topological polar surface area (TPSA) is 45.9 Å². The van der Waals surface area contributed by atoms with Gasteiger partial charge in [-0.25, -0.2) is 13.8 Å². The van der Waals surface area contributed by atoms with Crippen LogP contribution in [-0.4, -0.2) is 12.1 Å². The number of nitriles is 1. The molecule has 0 saturated carbocycles. The van der Waals surface area contributed by atoms with Crippen LogP contribution in [0.5, 0.6) is 5.88 Å². The smallest absolute Gasteiger partial charge is 0.282 e. The Bertz CT molecular complexity index is 390. The second-order valence-electron chi connectivity index (χ2n) is 2.32. The van der Waals surface area contributed by atoms with E-state index in [1.165, 1.54) is 13.2 Å². The minimum Gasteiger partial charge on any atom is -0.481 e. The molecular weight excluding hydrogens is 214 g/mol. The van der Waals surface area contributed by atoms with Crippen molar-refractivity contribution in [3.05, 3.63) is 22.3 Å². The van der Waals surface area contributed by atoms with Gasteiger partial charge in [-0.2, -0.15) is 5.26 Å². The maximum absolute atomic E-state index is 12.3. The second kappa shape index (κ2) is 4.20. The summed E-state index contributed by atoms with van der Waals surface area (Å²) in [6.07, 6.45) is -2.83. The second-order valence-corrected chi connectivity index (χ2v) is 2.70. The Hall–Kier alpha value is -1.41. The van der Waals surface area contributed by atoms with Crippen LogP contribution in [0.15, 0.2) is 6.07 Å². The van der Waals surface area contributed by atoms with Gasteiger partial charge in [0.2, 0.25) is 5.88 Å². The van der Waals surface area contributed by atoms with Gasteiger partial charge in [0.05, 0.1) is 17.7 Å². The largest absolute Gasteiger partial charge is 0.481 e. The third kappa shape index (κ3) is 1.91. The van der Waals surface area contributed by atoms with Crippen molar-refractivity contribution in [1.82, 2.24) is 4.98 Å². The molecule has 1 aromatic rings. The fraction of sp³-hybridized carbons (Fsp3) is 0.250. The number of pyridine rings is 1. The van der Waals surface area contributed by atoms with Gasteiger partial charge in [-0.15, -0.1) is 0 Å². The molecule has 0 amide bonds. The van der Waals surface area contributed by atoms with Gasteiger partial charge in [-0.3, -0.25) is 0 Å². The minimum atomic E-state index is -2.83. The van der Waals surface area contributed by atoms with Gasteiger partial charge in [0.15, 0.2) is 0 Å². The fourth-order valence-electron chi connectivity index (χ4n) is 0.855. The van der Waals surface area contributed by atoms with E-state index in [-0.39, 0.29) is 16.5 Å². The van der Waals surface area contributed by atoms with Gasteiger partial charge >= 0.3 is 0 Å². The zero-order valence-electron chi connectivity index (χ0n) is 7.09. The van der Waals surface area contributed by atoms with E-state index in [1.807, 2.05) is 0 Å². The molecule has 6 heteroatoms. The third-order valence-corrected chi connectivity index (χ3v) is 1.89. The van der Waals surface area contributed by atoms with Gasteiger partial charge in [-0.05, 0) is 0 Å². The molecule has 74 valence electrons. The summed E-state index contributed by atoms with van der Waals surface area (Å²) < 4.78 is 29.3. The Morgan fingerprint density at radius 3 is 2.71 bits per heavy atom. The van der Waals surface area contributed by atoms with Crippen molar-refractivity contribution in [2.24, 2.45) is 0 Å². The van der Waals surface area contributed by atoms with Crippen LogP contribution in [0.3, 0.4) is 0 Å². The molecule has 3 nitrogen and oxygen atoms in total. The van der Waals surface area contributed by atoms with Crippen molar-refractivity contribution < 1.29 is 13.5 Å². The lowest BCUT2D eigenvalue weighted by molar-refractivity contribution is 0.145. The summed E-state index contributed by atoms with van der Waals surface area (Å²) in [7, 11) is 1.27. The van der Waals surface area contributed by atoms with Crippen molar-refractivity contribution in [2.75, 3.05) is 7.11 Å². The Morgan fingerprint density at radius 1 is 1.64 bits per heavy atom. The van der Waals surface area contributed by atoms with Crippen LogP contribution >= 0.6 is 11.6 Å². The SMILES string of the molecule is COc1cc(C#N)c(Cl)c(C(F)F)n1. The van der Waals surface area contributed by atoms with E-state index in [0.717, 1.165) is 0 Å². The number of alkyl halides is 2. The molecule has 14 heavy (non-hydrogen) atoms. The lowest BCUT2D eigenvalue weighted by atomic mass is 10.2. The summed E-state index contributed by atoms with van der Waals surface area (Å²) in [5, 5.41) is 8.25. The quantitative estimate of drug-likeness (QED) is 0.766. The molecule has 0 unspecified atom stereocenters. The highest BCUT2D eigenvalue weighted by Crippen LogP contribution is 2.30. The Morgan fingerprint density at radius 2 is 2.29 bits per heavy atom. The zero-order valence-corrected chi connectivity index (χ0v) is 7.85. The summed E-state index contributed by atoms with van der Waals surface area (Å²) in [5.41, 5.74) is -0.712. The molecule has 0 radical (unpaired) electrons. The number of rotatable bonds is 2. The minimum absolute atomic E-state index is 0.0544. The lowest BCUT2D eigenvalue weighted by Crippen LogP contribution is -1.98. The van der Waals surface area contributed by atoms with Crippen molar-refractivity contribution in [3.8, 4) is 11.9 Å². The van der Waals surface area contributed by atoms with E-state index in [2.05, 4.69) is 9.72 Å². The molecule has 0 atom stereocenters. The van der Waals surface area contributed by atoms with Gasteiger partial charge < -0.3 is 4.74 Å². The van der Waals surface area contributed by atoms with E-state index in [1.54, 1.807) is 6.07 Å². The lowest BCUT2D eigenvalue weighted by Gasteiger charge is -2.06. The third-order valence-electron chi connectivity index (χ3n) is 1.50. The molecule has 0 spiro atoms. The maximum Gasteiger partial charge on any atom is 0.282 e. The average molecular weight is 219 g/mol. The summed E-state index contributed by atoms with van der Waals surface area (Å²) >= 11 is 5.51. The molecule has 0 aliphatic rings. The van der Waals surface area contributed by atoms with Gasteiger partial charge in [0.25, 0.3) is 6.43 Å². The zero-order chi connectivity index (χ0) is 10.7. The number of halogens is 3. The number of hydrogen-bond donors (Lipinski definition) is 0. The van der Waals surface area contributed by atoms with Crippen molar-refractivity contribution in [1.29, 1.82) is 5.26 Å². The van der Waals surface area contributed by atoms with E-state index in [4.69, 9.17) is 16.9 Å². The monoisotopic (exact) mass is 218 g/mol. The molecule has 0 aliphatic carbocycles. The molecule has 1 rings (SSSR count). The summed E-state index contributed by atoms with van der Waals surface area (Å²) in [6, 6.07) is 2.88. The van der Waals surface area contributed by atoms with E-state index >= 15 is 0 Å². The molecular formula is C8H5ClF2N2O. The highest BCUT2D eigenvalue weighted by atomic mass is 35.5. The molecule has 0 fully saturated rings. The number of hydrogen-bond acceptors (Lipinski definition) is 3. The number of aromatic nitrogens is 1. The average Bonchev–Trinajstić information content (AvgIpc) is 2.17. The van der Waals surface area contributed by atoms with Gasteiger partial charge in [0.1, 0.15) is 11.8 Å². The maximum atomic E-state index is 12.3. The van der Waals surface area contributed by atoms with E-state index in [0.29, 0.717) is 0 Å². The van der Waals surface area contributed by atoms with Gasteiger partial charge in [-0.1, -0.05) is 11.6 Å². The highest BCUT2D eigenvalue weighted by molar-refractivity contribution is 6.32. The number of methoxy groups -OCH3 is 1. The molecule has 0 saturated heterocycles. The molecule has 0 aromatic carbocycles. The van der Waals surface area contributed by atoms with Crippen LogP contribution in [0.25, 0.3) is 0 Å². The molecule has 1 aromatic heterocycles. The fourth-order valence-corrected chi connectivity index (χ4v) is 1.08. The van der Waals surface area contributed by atoms with Crippen LogP contribution in [-0.2, 0) is 0 Å². The van der Waals surface area contributed by atoms with E-state index < -0.39 is 12.1 Å².